The molecule has 1 N–H and O–H groups in total. The summed E-state index contributed by atoms with van der Waals surface area (Å²) in [5, 5.41) is 8.70. The number of carbonyl (C=O) groups is 1. The van der Waals surface area contributed by atoms with Gasteiger partial charge in [0.15, 0.2) is 0 Å². The molecular formula is C13H26O3. The minimum Gasteiger partial charge on any atom is -0.481 e. The number of carboxylic acid groups (broad SMARTS) is 1. The summed E-state index contributed by atoms with van der Waals surface area (Å²) in [5.41, 5.74) is 0. The zero-order valence-electron chi connectivity index (χ0n) is 10.9. The van der Waals surface area contributed by atoms with Gasteiger partial charge in [-0.15, -0.1) is 0 Å². The van der Waals surface area contributed by atoms with Crippen LogP contribution in [0.5, 0.6) is 0 Å². The molecule has 16 heavy (non-hydrogen) atoms. The van der Waals surface area contributed by atoms with Crippen LogP contribution in [0.2, 0.25) is 0 Å². The minimum absolute atomic E-state index is 0.117. The summed E-state index contributed by atoms with van der Waals surface area (Å²) in [6, 6.07) is 0. The van der Waals surface area contributed by atoms with E-state index in [0.29, 0.717) is 12.5 Å². The van der Waals surface area contributed by atoms with Crippen LogP contribution in [0.1, 0.15) is 59.3 Å². The van der Waals surface area contributed by atoms with E-state index in [-0.39, 0.29) is 12.5 Å². The SMILES string of the molecule is CCCCC(CC)COC(CC)CC(=O)O. The number of aliphatic carboxylic acids is 1. The van der Waals surface area contributed by atoms with E-state index >= 15 is 0 Å². The van der Waals surface area contributed by atoms with Gasteiger partial charge in [0, 0.05) is 6.61 Å². The maximum atomic E-state index is 10.6. The van der Waals surface area contributed by atoms with Crippen molar-refractivity contribution >= 4 is 5.97 Å². The van der Waals surface area contributed by atoms with Crippen LogP contribution in [-0.4, -0.2) is 23.8 Å². The summed E-state index contributed by atoms with van der Waals surface area (Å²) in [6.07, 6.45) is 5.53. The van der Waals surface area contributed by atoms with Crippen LogP contribution in [0.25, 0.3) is 0 Å². The molecule has 0 aromatic heterocycles. The lowest BCUT2D eigenvalue weighted by Gasteiger charge is -2.19. The van der Waals surface area contributed by atoms with Gasteiger partial charge in [-0.05, 0) is 18.8 Å². The van der Waals surface area contributed by atoms with Crippen LogP contribution in [0.4, 0.5) is 0 Å². The summed E-state index contributed by atoms with van der Waals surface area (Å²) in [5.74, 6) is -0.184. The summed E-state index contributed by atoms with van der Waals surface area (Å²) in [7, 11) is 0. The molecule has 0 aromatic carbocycles. The highest BCUT2D eigenvalue weighted by molar-refractivity contribution is 5.67. The second-order valence-electron chi connectivity index (χ2n) is 4.38. The van der Waals surface area contributed by atoms with Gasteiger partial charge in [0.1, 0.15) is 0 Å². The van der Waals surface area contributed by atoms with E-state index in [9.17, 15) is 4.79 Å². The Morgan fingerprint density at radius 1 is 1.25 bits per heavy atom. The molecule has 0 fully saturated rings. The van der Waals surface area contributed by atoms with Crippen LogP contribution in [0.3, 0.4) is 0 Å². The zero-order chi connectivity index (χ0) is 12.4. The predicted molar refractivity (Wildman–Crippen MR) is 65.6 cm³/mol. The highest BCUT2D eigenvalue weighted by atomic mass is 16.5. The lowest BCUT2D eigenvalue weighted by Crippen LogP contribution is -2.20. The summed E-state index contributed by atoms with van der Waals surface area (Å²) >= 11 is 0. The molecule has 0 saturated heterocycles. The Morgan fingerprint density at radius 3 is 2.38 bits per heavy atom. The van der Waals surface area contributed by atoms with E-state index in [4.69, 9.17) is 9.84 Å². The van der Waals surface area contributed by atoms with Crippen LogP contribution in [-0.2, 0) is 9.53 Å². The first kappa shape index (κ1) is 15.4. The first-order valence-electron chi connectivity index (χ1n) is 6.47. The van der Waals surface area contributed by atoms with Crippen LogP contribution in [0.15, 0.2) is 0 Å². The summed E-state index contributed by atoms with van der Waals surface area (Å²) < 4.78 is 5.67. The maximum Gasteiger partial charge on any atom is 0.305 e. The lowest BCUT2D eigenvalue weighted by atomic mass is 10.0. The standard InChI is InChI=1S/C13H26O3/c1-4-7-8-11(5-2)10-16-12(6-3)9-13(14)15/h11-12H,4-10H2,1-3H3,(H,14,15). The molecule has 0 aliphatic rings. The van der Waals surface area contributed by atoms with Crippen molar-refractivity contribution in [3.8, 4) is 0 Å². The Balaban J connectivity index is 3.82. The van der Waals surface area contributed by atoms with E-state index in [1.807, 2.05) is 6.92 Å². The first-order chi connectivity index (χ1) is 7.63. The van der Waals surface area contributed by atoms with Crippen molar-refractivity contribution in [3.05, 3.63) is 0 Å². The topological polar surface area (TPSA) is 46.5 Å². The Labute approximate surface area is 99.2 Å². The molecule has 0 saturated carbocycles. The van der Waals surface area contributed by atoms with E-state index < -0.39 is 5.97 Å². The quantitative estimate of drug-likeness (QED) is 0.625. The van der Waals surface area contributed by atoms with Crippen LogP contribution >= 0.6 is 0 Å². The molecule has 0 radical (unpaired) electrons. The average Bonchev–Trinajstić information content (AvgIpc) is 2.27. The van der Waals surface area contributed by atoms with E-state index in [2.05, 4.69) is 13.8 Å². The normalized spacial score (nSPS) is 14.7. The molecule has 0 aliphatic carbocycles. The highest BCUT2D eigenvalue weighted by Crippen LogP contribution is 2.15. The van der Waals surface area contributed by atoms with Gasteiger partial charge in [-0.2, -0.15) is 0 Å². The molecule has 0 aliphatic heterocycles. The van der Waals surface area contributed by atoms with Gasteiger partial charge in [0.2, 0.25) is 0 Å². The molecule has 2 atom stereocenters. The highest BCUT2D eigenvalue weighted by Gasteiger charge is 2.14. The Hall–Kier alpha value is -0.570. The third-order valence-corrected chi connectivity index (χ3v) is 2.97. The third kappa shape index (κ3) is 7.69. The minimum atomic E-state index is -0.770. The van der Waals surface area contributed by atoms with Crippen molar-refractivity contribution in [3.63, 3.8) is 0 Å². The largest absolute Gasteiger partial charge is 0.481 e. The summed E-state index contributed by atoms with van der Waals surface area (Å²) in [6.45, 7) is 7.04. The van der Waals surface area contributed by atoms with Crippen LogP contribution in [0, 0.1) is 5.92 Å². The first-order valence-corrected chi connectivity index (χ1v) is 6.47. The zero-order valence-corrected chi connectivity index (χ0v) is 10.9. The molecule has 0 aromatic rings. The number of hydrogen-bond acceptors (Lipinski definition) is 2. The molecule has 0 amide bonds. The number of unbranched alkanes of at least 4 members (excludes halogenated alkanes) is 1. The third-order valence-electron chi connectivity index (χ3n) is 2.97. The molecule has 3 nitrogen and oxygen atoms in total. The Morgan fingerprint density at radius 2 is 1.94 bits per heavy atom. The number of rotatable bonds is 10. The Bertz CT molecular complexity index is 180. The lowest BCUT2D eigenvalue weighted by molar-refractivity contribution is -0.140. The van der Waals surface area contributed by atoms with Crippen molar-refractivity contribution < 1.29 is 14.6 Å². The molecule has 96 valence electrons. The molecule has 0 bridgehead atoms. The second kappa shape index (κ2) is 9.64. The van der Waals surface area contributed by atoms with Crippen molar-refractivity contribution in [1.82, 2.24) is 0 Å². The fourth-order valence-electron chi connectivity index (χ4n) is 1.69. The van der Waals surface area contributed by atoms with Gasteiger partial charge in [-0.25, -0.2) is 0 Å². The molecule has 0 rings (SSSR count). The van der Waals surface area contributed by atoms with Gasteiger partial charge >= 0.3 is 5.97 Å². The van der Waals surface area contributed by atoms with Gasteiger partial charge in [-0.3, -0.25) is 4.79 Å². The molecule has 3 heteroatoms. The average molecular weight is 230 g/mol. The Kier molecular flexibility index (Phi) is 9.30. The van der Waals surface area contributed by atoms with Gasteiger partial charge < -0.3 is 9.84 Å². The van der Waals surface area contributed by atoms with Crippen molar-refractivity contribution in [2.75, 3.05) is 6.61 Å². The molecule has 0 spiro atoms. The molecule has 2 unspecified atom stereocenters. The van der Waals surface area contributed by atoms with Crippen molar-refractivity contribution in [2.24, 2.45) is 5.92 Å². The van der Waals surface area contributed by atoms with Gasteiger partial charge in [0.05, 0.1) is 12.5 Å². The predicted octanol–water partition coefficient (Wildman–Crippen LogP) is 3.47. The molecule has 0 heterocycles. The number of carboxylic acids is 1. The van der Waals surface area contributed by atoms with E-state index in [1.54, 1.807) is 0 Å². The fraction of sp³-hybridized carbons (Fsp3) is 0.923. The monoisotopic (exact) mass is 230 g/mol. The van der Waals surface area contributed by atoms with Gasteiger partial charge in [0.25, 0.3) is 0 Å². The second-order valence-corrected chi connectivity index (χ2v) is 4.38. The van der Waals surface area contributed by atoms with E-state index in [1.165, 1.54) is 19.3 Å². The molecular weight excluding hydrogens is 204 g/mol. The maximum absolute atomic E-state index is 10.6. The fourth-order valence-corrected chi connectivity index (χ4v) is 1.69. The van der Waals surface area contributed by atoms with Crippen LogP contribution < -0.4 is 0 Å². The van der Waals surface area contributed by atoms with Crippen molar-refractivity contribution in [1.29, 1.82) is 0 Å². The number of hydrogen-bond donors (Lipinski definition) is 1. The van der Waals surface area contributed by atoms with Gasteiger partial charge in [-0.1, -0.05) is 40.0 Å². The number of ether oxygens (including phenoxy) is 1. The van der Waals surface area contributed by atoms with E-state index in [0.717, 1.165) is 12.8 Å². The van der Waals surface area contributed by atoms with Crippen molar-refractivity contribution in [2.45, 2.75) is 65.4 Å². The smallest absolute Gasteiger partial charge is 0.305 e. The summed E-state index contributed by atoms with van der Waals surface area (Å²) in [4.78, 5) is 10.6.